The number of anilines is 3. The molecule has 0 bridgehead atoms. The SMILES string of the molecule is Cc1ccccc1NC(=O)c1cc(NC(=O)Cc2ccccc2)ccc1N1CCCCC1. The van der Waals surface area contributed by atoms with Crippen LogP contribution in [0.4, 0.5) is 17.1 Å². The van der Waals surface area contributed by atoms with E-state index in [4.69, 9.17) is 0 Å². The van der Waals surface area contributed by atoms with Crippen molar-refractivity contribution in [3.05, 3.63) is 89.5 Å². The van der Waals surface area contributed by atoms with Gasteiger partial charge in [0.05, 0.1) is 12.0 Å². The molecule has 1 heterocycles. The number of carbonyl (C=O) groups is 2. The minimum Gasteiger partial charge on any atom is -0.371 e. The second-order valence-electron chi connectivity index (χ2n) is 8.26. The Hall–Kier alpha value is -3.60. The van der Waals surface area contributed by atoms with Crippen LogP contribution in [0.25, 0.3) is 0 Å². The van der Waals surface area contributed by atoms with Crippen LogP contribution in [-0.2, 0) is 11.2 Å². The first-order chi connectivity index (χ1) is 15.6. The lowest BCUT2D eigenvalue weighted by Crippen LogP contribution is -2.31. The molecule has 5 nitrogen and oxygen atoms in total. The first-order valence-corrected chi connectivity index (χ1v) is 11.2. The van der Waals surface area contributed by atoms with E-state index in [1.165, 1.54) is 6.42 Å². The lowest BCUT2D eigenvalue weighted by Gasteiger charge is -2.30. The summed E-state index contributed by atoms with van der Waals surface area (Å²) in [6, 6.07) is 23.0. The summed E-state index contributed by atoms with van der Waals surface area (Å²) in [5, 5.41) is 6.00. The number of amides is 2. The van der Waals surface area contributed by atoms with Gasteiger partial charge >= 0.3 is 0 Å². The predicted octanol–water partition coefficient (Wildman–Crippen LogP) is 5.42. The monoisotopic (exact) mass is 427 g/mol. The van der Waals surface area contributed by atoms with Gasteiger partial charge in [-0.2, -0.15) is 0 Å². The molecule has 3 aromatic rings. The van der Waals surface area contributed by atoms with E-state index in [0.29, 0.717) is 17.7 Å². The summed E-state index contributed by atoms with van der Waals surface area (Å²) in [5.41, 5.74) is 4.87. The van der Waals surface area contributed by atoms with Gasteiger partial charge < -0.3 is 15.5 Å². The van der Waals surface area contributed by atoms with Crippen LogP contribution in [0, 0.1) is 6.92 Å². The van der Waals surface area contributed by atoms with Crippen molar-refractivity contribution < 1.29 is 9.59 Å². The summed E-state index contributed by atoms with van der Waals surface area (Å²) in [6.07, 6.45) is 3.75. The number of nitrogens with one attached hydrogen (secondary N) is 2. The van der Waals surface area contributed by atoms with Gasteiger partial charge in [0.2, 0.25) is 5.91 Å². The summed E-state index contributed by atoms with van der Waals surface area (Å²) in [5.74, 6) is -0.272. The summed E-state index contributed by atoms with van der Waals surface area (Å²) in [4.78, 5) is 28.1. The summed E-state index contributed by atoms with van der Waals surface area (Å²) in [6.45, 7) is 3.84. The van der Waals surface area contributed by atoms with Crippen LogP contribution >= 0.6 is 0 Å². The molecule has 0 radical (unpaired) electrons. The Morgan fingerprint density at radius 2 is 1.56 bits per heavy atom. The molecule has 0 atom stereocenters. The molecule has 1 aliphatic rings. The topological polar surface area (TPSA) is 61.4 Å². The second kappa shape index (κ2) is 10.1. The molecule has 3 aromatic carbocycles. The van der Waals surface area contributed by atoms with Crippen molar-refractivity contribution in [2.75, 3.05) is 28.6 Å². The number of hydrogen-bond donors (Lipinski definition) is 2. The Balaban J connectivity index is 1.58. The van der Waals surface area contributed by atoms with Crippen LogP contribution in [0.3, 0.4) is 0 Å². The molecule has 0 saturated carbocycles. The molecule has 2 N–H and O–H groups in total. The minimum atomic E-state index is -0.168. The van der Waals surface area contributed by atoms with Crippen LogP contribution in [0.5, 0.6) is 0 Å². The van der Waals surface area contributed by atoms with E-state index < -0.39 is 0 Å². The van der Waals surface area contributed by atoms with E-state index in [2.05, 4.69) is 15.5 Å². The molecule has 1 fully saturated rings. The number of para-hydroxylation sites is 1. The van der Waals surface area contributed by atoms with Crippen molar-refractivity contribution in [3.63, 3.8) is 0 Å². The van der Waals surface area contributed by atoms with Crippen molar-refractivity contribution in [2.24, 2.45) is 0 Å². The van der Waals surface area contributed by atoms with Crippen molar-refractivity contribution in [2.45, 2.75) is 32.6 Å². The zero-order chi connectivity index (χ0) is 22.3. The highest BCUT2D eigenvalue weighted by atomic mass is 16.2. The quantitative estimate of drug-likeness (QED) is 0.552. The summed E-state index contributed by atoms with van der Waals surface area (Å²) >= 11 is 0. The van der Waals surface area contributed by atoms with E-state index >= 15 is 0 Å². The van der Waals surface area contributed by atoms with Gasteiger partial charge in [-0.05, 0) is 61.6 Å². The third-order valence-corrected chi connectivity index (χ3v) is 5.82. The van der Waals surface area contributed by atoms with Gasteiger partial charge in [-0.1, -0.05) is 48.5 Å². The van der Waals surface area contributed by atoms with E-state index in [-0.39, 0.29) is 11.8 Å². The van der Waals surface area contributed by atoms with E-state index in [9.17, 15) is 9.59 Å². The zero-order valence-corrected chi connectivity index (χ0v) is 18.4. The Kier molecular flexibility index (Phi) is 6.85. The maximum Gasteiger partial charge on any atom is 0.257 e. The first-order valence-electron chi connectivity index (χ1n) is 11.2. The number of piperidine rings is 1. The van der Waals surface area contributed by atoms with Gasteiger partial charge in [-0.3, -0.25) is 9.59 Å². The van der Waals surface area contributed by atoms with Gasteiger partial charge in [-0.15, -0.1) is 0 Å². The van der Waals surface area contributed by atoms with Crippen molar-refractivity contribution in [1.29, 1.82) is 0 Å². The van der Waals surface area contributed by atoms with Crippen LogP contribution in [0.1, 0.15) is 40.7 Å². The van der Waals surface area contributed by atoms with Gasteiger partial charge in [0, 0.05) is 30.2 Å². The molecule has 1 aliphatic heterocycles. The normalized spacial score (nSPS) is 13.5. The summed E-state index contributed by atoms with van der Waals surface area (Å²) < 4.78 is 0. The Morgan fingerprint density at radius 1 is 0.844 bits per heavy atom. The molecule has 0 unspecified atom stereocenters. The molecule has 32 heavy (non-hydrogen) atoms. The van der Waals surface area contributed by atoms with Gasteiger partial charge in [0.25, 0.3) is 5.91 Å². The van der Waals surface area contributed by atoms with E-state index in [0.717, 1.165) is 48.4 Å². The van der Waals surface area contributed by atoms with E-state index in [1.807, 2.05) is 73.7 Å². The average Bonchev–Trinajstić information content (AvgIpc) is 2.81. The number of hydrogen-bond acceptors (Lipinski definition) is 3. The molecule has 4 rings (SSSR count). The highest BCUT2D eigenvalue weighted by Crippen LogP contribution is 2.28. The molecule has 0 aliphatic carbocycles. The molecule has 5 heteroatoms. The van der Waals surface area contributed by atoms with Gasteiger partial charge in [-0.25, -0.2) is 0 Å². The van der Waals surface area contributed by atoms with Crippen LogP contribution < -0.4 is 15.5 Å². The highest BCUT2D eigenvalue weighted by Gasteiger charge is 2.20. The zero-order valence-electron chi connectivity index (χ0n) is 18.4. The van der Waals surface area contributed by atoms with E-state index in [1.54, 1.807) is 6.07 Å². The Bertz CT molecular complexity index is 1090. The number of benzene rings is 3. The standard InChI is InChI=1S/C27H29N3O2/c1-20-10-6-7-13-24(20)29-27(32)23-19-22(14-15-25(23)30-16-8-3-9-17-30)28-26(31)18-21-11-4-2-5-12-21/h2,4-7,10-15,19H,3,8-9,16-18H2,1H3,(H,28,31)(H,29,32). The molecule has 0 spiro atoms. The fourth-order valence-electron chi connectivity index (χ4n) is 4.10. The number of aryl methyl sites for hydroxylation is 1. The molecule has 2 amide bonds. The smallest absolute Gasteiger partial charge is 0.257 e. The maximum absolute atomic E-state index is 13.3. The third-order valence-electron chi connectivity index (χ3n) is 5.82. The second-order valence-corrected chi connectivity index (χ2v) is 8.26. The summed E-state index contributed by atoms with van der Waals surface area (Å²) in [7, 11) is 0. The third kappa shape index (κ3) is 5.35. The number of nitrogens with zero attached hydrogens (tertiary/aromatic N) is 1. The van der Waals surface area contributed by atoms with Crippen LogP contribution in [0.15, 0.2) is 72.8 Å². The van der Waals surface area contributed by atoms with Crippen molar-refractivity contribution in [1.82, 2.24) is 0 Å². The number of carbonyl (C=O) groups excluding carboxylic acids is 2. The molecular formula is C27H29N3O2. The van der Waals surface area contributed by atoms with Crippen molar-refractivity contribution >= 4 is 28.9 Å². The average molecular weight is 428 g/mol. The fourth-order valence-corrected chi connectivity index (χ4v) is 4.10. The molecule has 0 aromatic heterocycles. The largest absolute Gasteiger partial charge is 0.371 e. The highest BCUT2D eigenvalue weighted by molar-refractivity contribution is 6.09. The van der Waals surface area contributed by atoms with Crippen LogP contribution in [-0.4, -0.2) is 24.9 Å². The fraction of sp³-hybridized carbons (Fsp3) is 0.259. The molecule has 1 saturated heterocycles. The predicted molar refractivity (Wildman–Crippen MR) is 130 cm³/mol. The van der Waals surface area contributed by atoms with Gasteiger partial charge in [0.15, 0.2) is 0 Å². The maximum atomic E-state index is 13.3. The van der Waals surface area contributed by atoms with Gasteiger partial charge in [0.1, 0.15) is 0 Å². The Labute approximate surface area is 189 Å². The minimum absolute atomic E-state index is 0.104. The molecule has 164 valence electrons. The molecular weight excluding hydrogens is 398 g/mol. The Morgan fingerprint density at radius 3 is 2.31 bits per heavy atom. The lowest BCUT2D eigenvalue weighted by atomic mass is 10.0. The van der Waals surface area contributed by atoms with Crippen LogP contribution in [0.2, 0.25) is 0 Å². The first kappa shape index (κ1) is 21.6. The number of rotatable bonds is 6. The van der Waals surface area contributed by atoms with Crippen molar-refractivity contribution in [3.8, 4) is 0 Å². The lowest BCUT2D eigenvalue weighted by molar-refractivity contribution is -0.115.